The third kappa shape index (κ3) is 19.5. The fourth-order valence-corrected chi connectivity index (χ4v) is 9.64. The van der Waals surface area contributed by atoms with Gasteiger partial charge in [-0.05, 0) is 167 Å². The van der Waals surface area contributed by atoms with Crippen LogP contribution in [0.15, 0.2) is 152 Å². The molecule has 2 unspecified atom stereocenters. The smallest absolute Gasteiger partial charge is 0.419 e. The van der Waals surface area contributed by atoms with E-state index in [0.717, 1.165) is 12.5 Å². The van der Waals surface area contributed by atoms with Crippen molar-refractivity contribution in [3.63, 3.8) is 0 Å². The standard InChI is InChI=1S/C69H84N8O11S/c1-65(2,3)48-34-37-51(38-35-48)71-61(80)60(70-42-43-76(14)15)47-30-24-45(25-31-47)28-41-59(79)73-54-22-18-19-23-56(54)77(64(83)88-68(10,11)12)57-44-50(66(4,5)6)36-39-55(57)74-62(81)69(13,89(84,85)86)49-32-26-46(27-33-49)29-40-58(78)72-52-20-16-17-21-53(52)75-63(82)87-67(7,8)9/h16-41,44,60,70H,42-43H2,1-15H3,(H,71,80)(H,72,78)(H,73,79)(H,74,81)(H,75,82)(H,84,85,86)/b40-29+,41-28+. The highest BCUT2D eigenvalue weighted by atomic mass is 32.2. The predicted octanol–water partition coefficient (Wildman–Crippen LogP) is 13.6. The normalized spacial score (nSPS) is 13.3. The molecule has 0 spiro atoms. The van der Waals surface area contributed by atoms with Crippen molar-refractivity contribution >= 4 is 97.9 Å². The lowest BCUT2D eigenvalue weighted by atomic mass is 9.86. The molecular weight excluding hydrogens is 1150 g/mol. The molecule has 6 amide bonds. The zero-order valence-corrected chi connectivity index (χ0v) is 54.2. The van der Waals surface area contributed by atoms with Crippen LogP contribution in [0.1, 0.15) is 129 Å². The van der Waals surface area contributed by atoms with Gasteiger partial charge in [-0.1, -0.05) is 133 Å². The summed E-state index contributed by atoms with van der Waals surface area (Å²) >= 11 is 0. The highest BCUT2D eigenvalue weighted by molar-refractivity contribution is 7.87. The Morgan fingerprint density at radius 2 is 1.00 bits per heavy atom. The maximum Gasteiger partial charge on any atom is 0.419 e. The Morgan fingerprint density at radius 3 is 1.52 bits per heavy atom. The van der Waals surface area contributed by atoms with Gasteiger partial charge in [-0.3, -0.25) is 29.0 Å². The van der Waals surface area contributed by atoms with Crippen LogP contribution in [0, 0.1) is 0 Å². The third-order valence-electron chi connectivity index (χ3n) is 13.9. The van der Waals surface area contributed by atoms with Gasteiger partial charge in [0.25, 0.3) is 16.0 Å². The van der Waals surface area contributed by atoms with Crippen LogP contribution in [0.3, 0.4) is 0 Å². The van der Waals surface area contributed by atoms with E-state index < -0.39 is 67.4 Å². The van der Waals surface area contributed by atoms with Crippen molar-refractivity contribution in [2.75, 3.05) is 58.7 Å². The van der Waals surface area contributed by atoms with Crippen LogP contribution in [0.25, 0.3) is 12.2 Å². The van der Waals surface area contributed by atoms with Gasteiger partial charge >= 0.3 is 12.2 Å². The molecule has 472 valence electrons. The van der Waals surface area contributed by atoms with Crippen LogP contribution in [0.2, 0.25) is 0 Å². The second kappa shape index (κ2) is 28.5. The third-order valence-corrected chi connectivity index (χ3v) is 15.3. The lowest BCUT2D eigenvalue weighted by Gasteiger charge is -2.32. The maximum atomic E-state index is 14.8. The summed E-state index contributed by atoms with van der Waals surface area (Å²) in [6.45, 7) is 24.6. The molecule has 6 rings (SSSR count). The fourth-order valence-electron chi connectivity index (χ4n) is 8.92. The molecule has 0 aliphatic carbocycles. The Hall–Kier alpha value is -8.95. The van der Waals surface area contributed by atoms with Gasteiger partial charge in [-0.2, -0.15) is 8.42 Å². The number of nitrogens with zero attached hydrogens (tertiary/aromatic N) is 2. The van der Waals surface area contributed by atoms with Crippen LogP contribution in [0.5, 0.6) is 0 Å². The lowest BCUT2D eigenvalue weighted by molar-refractivity contribution is -0.119. The number of nitrogens with one attached hydrogen (secondary N) is 6. The van der Waals surface area contributed by atoms with Crippen LogP contribution in [-0.2, 0) is 54.3 Å². The van der Waals surface area contributed by atoms with Gasteiger partial charge in [0, 0.05) is 30.9 Å². The number of benzene rings is 6. The number of carbonyl (C=O) groups excluding carboxylic acids is 6. The van der Waals surface area contributed by atoms with E-state index in [1.165, 1.54) is 53.5 Å². The number of anilines is 7. The molecule has 0 heterocycles. The van der Waals surface area contributed by atoms with Gasteiger partial charge in [-0.15, -0.1) is 0 Å². The van der Waals surface area contributed by atoms with Gasteiger partial charge in [0.2, 0.25) is 17.7 Å². The van der Waals surface area contributed by atoms with Crippen molar-refractivity contribution in [1.82, 2.24) is 10.2 Å². The summed E-state index contributed by atoms with van der Waals surface area (Å²) in [6.07, 6.45) is 3.95. The van der Waals surface area contributed by atoms with E-state index in [9.17, 15) is 41.7 Å². The molecule has 20 heteroatoms. The van der Waals surface area contributed by atoms with Crippen molar-refractivity contribution in [2.24, 2.45) is 0 Å². The van der Waals surface area contributed by atoms with Crippen LogP contribution in [0.4, 0.5) is 49.4 Å². The molecule has 0 aromatic heterocycles. The Kier molecular flexibility index (Phi) is 22.1. The Morgan fingerprint density at radius 1 is 0.528 bits per heavy atom. The zero-order chi connectivity index (χ0) is 65.9. The first-order chi connectivity index (χ1) is 41.4. The minimum atomic E-state index is -5.28. The van der Waals surface area contributed by atoms with Gasteiger partial charge in [0.05, 0.1) is 34.1 Å². The first kappa shape index (κ1) is 69.2. The number of likely N-dealkylation sites (N-methyl/N-ethyl adjacent to an activating group) is 1. The number of carbonyl (C=O) groups is 6. The molecule has 0 saturated carbocycles. The molecule has 2 atom stereocenters. The van der Waals surface area contributed by atoms with E-state index in [1.54, 1.807) is 120 Å². The summed E-state index contributed by atoms with van der Waals surface area (Å²) in [6, 6.07) is 37.7. The van der Waals surface area contributed by atoms with Crippen molar-refractivity contribution in [3.05, 3.63) is 185 Å². The van der Waals surface area contributed by atoms with Crippen molar-refractivity contribution in [2.45, 2.75) is 123 Å². The molecule has 0 aliphatic rings. The first-order valence-electron chi connectivity index (χ1n) is 29.0. The van der Waals surface area contributed by atoms with Gasteiger partial charge < -0.3 is 41.0 Å². The van der Waals surface area contributed by atoms with E-state index in [1.807, 2.05) is 76.2 Å². The van der Waals surface area contributed by atoms with E-state index >= 15 is 0 Å². The molecule has 19 nitrogen and oxygen atoms in total. The van der Waals surface area contributed by atoms with Gasteiger partial charge in [0.1, 0.15) is 17.2 Å². The predicted molar refractivity (Wildman–Crippen MR) is 355 cm³/mol. The fraction of sp³-hybridized carbons (Fsp3) is 0.333. The summed E-state index contributed by atoms with van der Waals surface area (Å²) in [5.74, 6) is -2.58. The molecule has 89 heavy (non-hydrogen) atoms. The largest absolute Gasteiger partial charge is 0.444 e. The molecule has 6 aromatic rings. The Labute approximate surface area is 523 Å². The summed E-state index contributed by atoms with van der Waals surface area (Å²) in [5.41, 5.74) is 2.52. The average Bonchev–Trinajstić information content (AvgIpc) is 0.841. The van der Waals surface area contributed by atoms with Crippen LogP contribution < -0.4 is 36.8 Å². The molecular formula is C69H84N8O11S. The first-order valence-corrected chi connectivity index (χ1v) is 30.5. The van der Waals surface area contributed by atoms with E-state index in [0.29, 0.717) is 52.4 Å². The van der Waals surface area contributed by atoms with E-state index in [-0.39, 0.29) is 39.6 Å². The highest BCUT2D eigenvalue weighted by Gasteiger charge is 2.48. The van der Waals surface area contributed by atoms with Crippen LogP contribution in [-0.4, -0.2) is 92.1 Å². The Bertz CT molecular complexity index is 3710. The maximum absolute atomic E-state index is 14.8. The number of ether oxygens (including phenoxy) is 2. The minimum absolute atomic E-state index is 0.0266. The quantitative estimate of drug-likeness (QED) is 0.0278. The topological polar surface area (TPSA) is 254 Å². The molecule has 0 fully saturated rings. The summed E-state index contributed by atoms with van der Waals surface area (Å²) in [7, 11) is -1.37. The number of para-hydroxylation sites is 4. The van der Waals surface area contributed by atoms with Gasteiger partial charge in [0.15, 0.2) is 4.75 Å². The van der Waals surface area contributed by atoms with Crippen molar-refractivity contribution in [1.29, 1.82) is 0 Å². The number of hydrogen-bond acceptors (Lipinski definition) is 12. The molecule has 7 N–H and O–H groups in total. The Balaban J connectivity index is 1.27. The van der Waals surface area contributed by atoms with E-state index in [4.69, 9.17) is 9.47 Å². The van der Waals surface area contributed by atoms with Crippen molar-refractivity contribution in [3.8, 4) is 0 Å². The molecule has 0 bridgehead atoms. The SMILES string of the molecule is CN(C)CCNC(C(=O)Nc1ccc(C(C)(C)C)cc1)c1ccc(/C=C/C(=O)Nc2ccccc2N(C(=O)OC(C)(C)C)c2cc(C(C)(C)C)ccc2NC(=O)C(C)(c2ccc(/C=C/C(=O)Nc3ccccc3NC(=O)OC(C)(C)C)cc2)S(=O)(=O)O)cc1. The summed E-state index contributed by atoms with van der Waals surface area (Å²) in [5, 5.41) is 17.4. The second-order valence-corrected chi connectivity index (χ2v) is 27.7. The number of rotatable bonds is 20. The summed E-state index contributed by atoms with van der Waals surface area (Å²) in [4.78, 5) is 86.2. The monoisotopic (exact) mass is 1230 g/mol. The zero-order valence-electron chi connectivity index (χ0n) is 53.4. The number of hydrogen-bond donors (Lipinski definition) is 7. The minimum Gasteiger partial charge on any atom is -0.444 e. The van der Waals surface area contributed by atoms with Crippen LogP contribution >= 0.6 is 0 Å². The van der Waals surface area contributed by atoms with Gasteiger partial charge in [-0.25, -0.2) is 14.5 Å². The average molecular weight is 1230 g/mol. The summed E-state index contributed by atoms with van der Waals surface area (Å²) < 4.78 is 46.7. The highest BCUT2D eigenvalue weighted by Crippen LogP contribution is 2.42. The molecule has 0 radical (unpaired) electrons. The lowest BCUT2D eigenvalue weighted by Crippen LogP contribution is -2.44. The second-order valence-electron chi connectivity index (χ2n) is 25.9. The van der Waals surface area contributed by atoms with Crippen molar-refractivity contribution < 1.29 is 51.2 Å². The molecule has 0 saturated heterocycles. The van der Waals surface area contributed by atoms with E-state index in [2.05, 4.69) is 52.7 Å². The molecule has 6 aromatic carbocycles. The molecule has 0 aliphatic heterocycles. The number of amides is 6.